The van der Waals surface area contributed by atoms with Gasteiger partial charge in [0, 0.05) is 11.8 Å². The van der Waals surface area contributed by atoms with Gasteiger partial charge in [-0.05, 0) is 18.9 Å². The third-order valence-electron chi connectivity index (χ3n) is 6.28. The summed E-state index contributed by atoms with van der Waals surface area (Å²) in [5, 5.41) is 8.82. The zero-order chi connectivity index (χ0) is 22.8. The molecule has 9 heteroatoms. The van der Waals surface area contributed by atoms with E-state index in [4.69, 9.17) is 20.0 Å². The van der Waals surface area contributed by atoms with Gasteiger partial charge in [0.2, 0.25) is 0 Å². The molecule has 3 aromatic heterocycles. The molecule has 0 saturated carbocycles. The van der Waals surface area contributed by atoms with Crippen LogP contribution >= 0.6 is 0 Å². The first-order valence-electron chi connectivity index (χ1n) is 11.2. The van der Waals surface area contributed by atoms with E-state index in [0.29, 0.717) is 30.7 Å². The maximum absolute atomic E-state index is 5.67. The van der Waals surface area contributed by atoms with Crippen LogP contribution < -0.4 is 5.73 Å². The predicted molar refractivity (Wildman–Crippen MR) is 123 cm³/mol. The second-order valence-corrected chi connectivity index (χ2v) is 8.66. The van der Waals surface area contributed by atoms with Crippen LogP contribution in [-0.2, 0) is 10.2 Å². The van der Waals surface area contributed by atoms with Crippen molar-refractivity contribution in [1.82, 2.24) is 29.9 Å². The van der Waals surface area contributed by atoms with Crippen LogP contribution in [0.4, 0.5) is 5.82 Å². The van der Waals surface area contributed by atoms with Crippen LogP contribution in [0.25, 0.3) is 22.7 Å². The van der Waals surface area contributed by atoms with E-state index in [-0.39, 0.29) is 11.5 Å². The van der Waals surface area contributed by atoms with Crippen molar-refractivity contribution >= 4 is 5.82 Å². The Morgan fingerprint density at radius 1 is 1.09 bits per heavy atom. The van der Waals surface area contributed by atoms with E-state index in [1.54, 1.807) is 18.6 Å². The Morgan fingerprint density at radius 2 is 1.91 bits per heavy atom. The Morgan fingerprint density at radius 3 is 2.58 bits per heavy atom. The normalized spacial score (nSPS) is 15.8. The van der Waals surface area contributed by atoms with Crippen LogP contribution in [-0.4, -0.2) is 43.1 Å². The first-order valence-corrected chi connectivity index (χ1v) is 11.2. The zero-order valence-corrected chi connectivity index (χ0v) is 18.8. The van der Waals surface area contributed by atoms with Crippen molar-refractivity contribution in [1.29, 1.82) is 0 Å². The minimum Gasteiger partial charge on any atom is -0.382 e. The topological polar surface area (TPSA) is 118 Å². The minimum absolute atomic E-state index is 0.278. The fraction of sp³-hybridized carbons (Fsp3) is 0.375. The Kier molecular flexibility index (Phi) is 5.63. The number of aromatic nitrogens is 6. The molecule has 33 heavy (non-hydrogen) atoms. The van der Waals surface area contributed by atoms with E-state index in [0.717, 1.165) is 41.6 Å². The lowest BCUT2D eigenvalue weighted by atomic mass is 9.77. The third kappa shape index (κ3) is 4.11. The van der Waals surface area contributed by atoms with E-state index in [9.17, 15) is 0 Å². The van der Waals surface area contributed by atoms with Crippen molar-refractivity contribution in [3.63, 3.8) is 0 Å². The van der Waals surface area contributed by atoms with Gasteiger partial charge in [-0.3, -0.25) is 9.67 Å². The molecule has 4 aromatic rings. The Balaban J connectivity index is 1.44. The van der Waals surface area contributed by atoms with Gasteiger partial charge in [-0.2, -0.15) is 10.1 Å². The molecular formula is C24H27N7O2. The summed E-state index contributed by atoms with van der Waals surface area (Å²) < 4.78 is 12.8. The molecule has 2 N–H and O–H groups in total. The number of hydrogen-bond acceptors (Lipinski definition) is 8. The lowest BCUT2D eigenvalue weighted by Gasteiger charge is -2.27. The van der Waals surface area contributed by atoms with Gasteiger partial charge in [0.05, 0.1) is 54.5 Å². The van der Waals surface area contributed by atoms with Crippen molar-refractivity contribution in [3.05, 3.63) is 60.4 Å². The van der Waals surface area contributed by atoms with E-state index >= 15 is 0 Å². The molecule has 1 atom stereocenters. The number of nitrogens with two attached hydrogens (primary N) is 1. The summed E-state index contributed by atoms with van der Waals surface area (Å²) >= 11 is 0. The molecule has 1 aliphatic heterocycles. The molecule has 0 amide bonds. The maximum Gasteiger partial charge on any atom is 0.261 e. The van der Waals surface area contributed by atoms with Gasteiger partial charge in [0.1, 0.15) is 5.82 Å². The molecule has 4 heterocycles. The molecule has 1 aromatic carbocycles. The highest BCUT2D eigenvalue weighted by Gasteiger charge is 2.34. The van der Waals surface area contributed by atoms with Crippen LogP contribution in [0.5, 0.6) is 0 Å². The standard InChI is InChI=1S/C24H27N7O2/c1-3-4-9-24(2,18-7-5-16(6-8-18)20-11-27-21(25)12-26-20)23-29-22(33-30-23)17-10-28-31(13-17)19-14-32-15-19/h5-8,10-13,19H,3-4,9,14-15H2,1-2H3,(H2,25,27)/t24-/m1/s1. The highest BCUT2D eigenvalue weighted by Crippen LogP contribution is 2.37. The SMILES string of the molecule is CCCC[C@](C)(c1ccc(-c2cnc(N)cn2)cc1)c1noc(-c2cnn(C3COC3)c2)n1. The summed E-state index contributed by atoms with van der Waals surface area (Å²) in [5.41, 5.74) is 8.97. The third-order valence-corrected chi connectivity index (χ3v) is 6.28. The lowest BCUT2D eigenvalue weighted by molar-refractivity contribution is -0.0286. The highest BCUT2D eigenvalue weighted by molar-refractivity contribution is 5.59. The van der Waals surface area contributed by atoms with Gasteiger partial charge in [0.25, 0.3) is 5.89 Å². The van der Waals surface area contributed by atoms with E-state index in [2.05, 4.69) is 46.2 Å². The first-order chi connectivity index (χ1) is 16.1. The second-order valence-electron chi connectivity index (χ2n) is 8.66. The van der Waals surface area contributed by atoms with E-state index in [1.165, 1.54) is 0 Å². The molecule has 1 saturated heterocycles. The maximum atomic E-state index is 5.67. The molecule has 1 aliphatic rings. The number of rotatable bonds is 8. The van der Waals surface area contributed by atoms with Gasteiger partial charge in [-0.25, -0.2) is 4.98 Å². The summed E-state index contributed by atoms with van der Waals surface area (Å²) in [5.74, 6) is 1.56. The van der Waals surface area contributed by atoms with Crippen LogP contribution in [0.1, 0.15) is 50.5 Å². The number of benzene rings is 1. The monoisotopic (exact) mass is 445 g/mol. The largest absolute Gasteiger partial charge is 0.382 e. The Hall–Kier alpha value is -3.59. The van der Waals surface area contributed by atoms with E-state index in [1.807, 2.05) is 23.0 Å². The van der Waals surface area contributed by atoms with Gasteiger partial charge in [0.15, 0.2) is 5.82 Å². The average Bonchev–Trinajstić information content (AvgIpc) is 3.47. The average molecular weight is 446 g/mol. The van der Waals surface area contributed by atoms with Crippen LogP contribution in [0.15, 0.2) is 53.6 Å². The number of hydrogen-bond donors (Lipinski definition) is 1. The molecule has 9 nitrogen and oxygen atoms in total. The highest BCUT2D eigenvalue weighted by atomic mass is 16.5. The van der Waals surface area contributed by atoms with E-state index < -0.39 is 0 Å². The summed E-state index contributed by atoms with van der Waals surface area (Å²) in [6, 6.07) is 8.58. The van der Waals surface area contributed by atoms with Gasteiger partial charge < -0.3 is 15.0 Å². The Labute approximate surface area is 192 Å². The molecule has 170 valence electrons. The van der Waals surface area contributed by atoms with Crippen LogP contribution in [0.3, 0.4) is 0 Å². The van der Waals surface area contributed by atoms with Crippen molar-refractivity contribution < 1.29 is 9.26 Å². The summed E-state index contributed by atoms with van der Waals surface area (Å²) in [4.78, 5) is 13.3. The van der Waals surface area contributed by atoms with Crippen molar-refractivity contribution in [2.45, 2.75) is 44.6 Å². The second kappa shape index (κ2) is 8.74. The summed E-state index contributed by atoms with van der Waals surface area (Å²) in [6.45, 7) is 5.72. The number of unbranched alkanes of at least 4 members (excludes halogenated alkanes) is 1. The van der Waals surface area contributed by atoms with Crippen molar-refractivity contribution in [2.24, 2.45) is 0 Å². The quantitative estimate of drug-likeness (QED) is 0.432. The summed E-state index contributed by atoms with van der Waals surface area (Å²) in [6.07, 6.45) is 9.98. The molecule has 0 spiro atoms. The van der Waals surface area contributed by atoms with Gasteiger partial charge in [-0.15, -0.1) is 0 Å². The smallest absolute Gasteiger partial charge is 0.261 e. The molecule has 5 rings (SSSR count). The first kappa shape index (κ1) is 21.3. The fourth-order valence-electron chi connectivity index (χ4n) is 4.00. The molecule has 0 unspecified atom stereocenters. The Bertz CT molecular complexity index is 1210. The number of nitrogens with zero attached hydrogens (tertiary/aromatic N) is 6. The van der Waals surface area contributed by atoms with Gasteiger partial charge in [-0.1, -0.05) is 49.2 Å². The van der Waals surface area contributed by atoms with Gasteiger partial charge >= 0.3 is 0 Å². The summed E-state index contributed by atoms with van der Waals surface area (Å²) in [7, 11) is 0. The van der Waals surface area contributed by atoms with Crippen LogP contribution in [0.2, 0.25) is 0 Å². The zero-order valence-electron chi connectivity index (χ0n) is 18.8. The fourth-order valence-corrected chi connectivity index (χ4v) is 4.00. The molecular weight excluding hydrogens is 418 g/mol. The number of ether oxygens (including phenoxy) is 1. The minimum atomic E-state index is -0.388. The predicted octanol–water partition coefficient (Wildman–Crippen LogP) is 4.04. The van der Waals surface area contributed by atoms with Crippen molar-refractivity contribution in [3.8, 4) is 22.7 Å². The number of nitrogen functional groups attached to an aromatic ring is 1. The molecule has 0 radical (unpaired) electrons. The molecule has 1 fully saturated rings. The lowest BCUT2D eigenvalue weighted by Crippen LogP contribution is -2.30. The molecule has 0 bridgehead atoms. The van der Waals surface area contributed by atoms with Crippen molar-refractivity contribution in [2.75, 3.05) is 18.9 Å². The number of anilines is 1. The van der Waals surface area contributed by atoms with Crippen LogP contribution in [0, 0.1) is 0 Å². The molecule has 0 aliphatic carbocycles.